The standard InChI is InChI=1S/C11H14N2O4S2/c1-18(14)11-12-9-5-2-3-6-10(9)13(11)7-4-8-19(15,16)17/h2-3,5-6H,4,7-8H2,1H3,(H,15,16,17)/p-1. The van der Waals surface area contributed by atoms with Gasteiger partial charge in [0.15, 0.2) is 5.16 Å². The molecule has 19 heavy (non-hydrogen) atoms. The van der Waals surface area contributed by atoms with Crippen LogP contribution in [-0.2, 0) is 27.5 Å². The molecule has 8 heteroatoms. The second-order valence-corrected chi connectivity index (χ2v) is 6.90. The fourth-order valence-corrected chi connectivity index (χ4v) is 3.10. The van der Waals surface area contributed by atoms with Gasteiger partial charge in [-0.1, -0.05) is 12.1 Å². The molecule has 0 aliphatic carbocycles. The molecular weight excluding hydrogens is 288 g/mol. The molecular formula is C11H13N2O4S2-. The van der Waals surface area contributed by atoms with Gasteiger partial charge in [-0.3, -0.25) is 4.21 Å². The number of hydrogen-bond acceptors (Lipinski definition) is 5. The average Bonchev–Trinajstić information content (AvgIpc) is 2.67. The van der Waals surface area contributed by atoms with Gasteiger partial charge in [-0.25, -0.2) is 13.4 Å². The van der Waals surface area contributed by atoms with E-state index in [9.17, 15) is 17.2 Å². The Labute approximate surface area is 113 Å². The third kappa shape index (κ3) is 3.40. The van der Waals surface area contributed by atoms with Gasteiger partial charge in [0, 0.05) is 18.6 Å². The Morgan fingerprint density at radius 3 is 2.68 bits per heavy atom. The molecule has 1 aromatic carbocycles. The normalized spacial score (nSPS) is 13.8. The molecule has 0 N–H and O–H groups in total. The average molecular weight is 301 g/mol. The highest BCUT2D eigenvalue weighted by molar-refractivity contribution is 7.85. The summed E-state index contributed by atoms with van der Waals surface area (Å²) in [6.45, 7) is 0.302. The Hall–Kier alpha value is -1.25. The Balaban J connectivity index is 2.34. The van der Waals surface area contributed by atoms with E-state index in [0.717, 1.165) is 5.52 Å². The number of para-hydroxylation sites is 2. The van der Waals surface area contributed by atoms with E-state index in [2.05, 4.69) is 4.98 Å². The predicted octanol–water partition coefficient (Wildman–Crippen LogP) is 0.709. The summed E-state index contributed by atoms with van der Waals surface area (Å²) >= 11 is 0. The first kappa shape index (κ1) is 14.2. The zero-order valence-electron chi connectivity index (χ0n) is 10.3. The van der Waals surface area contributed by atoms with Gasteiger partial charge in [0.05, 0.1) is 32.0 Å². The smallest absolute Gasteiger partial charge is 0.199 e. The summed E-state index contributed by atoms with van der Waals surface area (Å²) in [5.74, 6) is -0.435. The number of fused-ring (bicyclic) bond motifs is 1. The highest BCUT2D eigenvalue weighted by Crippen LogP contribution is 2.18. The van der Waals surface area contributed by atoms with Crippen LogP contribution >= 0.6 is 0 Å². The first-order valence-electron chi connectivity index (χ1n) is 5.61. The Morgan fingerprint density at radius 1 is 1.37 bits per heavy atom. The summed E-state index contributed by atoms with van der Waals surface area (Å²) in [5, 5.41) is 0.393. The number of rotatable bonds is 5. The summed E-state index contributed by atoms with van der Waals surface area (Å²) in [6.07, 6.45) is 1.69. The van der Waals surface area contributed by atoms with Gasteiger partial charge in [-0.05, 0) is 18.6 Å². The number of aryl methyl sites for hydroxylation is 1. The fraction of sp³-hybridized carbons (Fsp3) is 0.364. The van der Waals surface area contributed by atoms with Gasteiger partial charge in [-0.2, -0.15) is 0 Å². The van der Waals surface area contributed by atoms with Gasteiger partial charge >= 0.3 is 0 Å². The molecule has 1 unspecified atom stereocenters. The fourth-order valence-electron chi connectivity index (χ4n) is 1.89. The van der Waals surface area contributed by atoms with E-state index in [1.807, 2.05) is 18.2 Å². The summed E-state index contributed by atoms with van der Waals surface area (Å²) < 4.78 is 45.2. The van der Waals surface area contributed by atoms with Crippen molar-refractivity contribution in [2.75, 3.05) is 12.0 Å². The maximum absolute atomic E-state index is 11.6. The van der Waals surface area contributed by atoms with Crippen LogP contribution < -0.4 is 0 Å². The highest BCUT2D eigenvalue weighted by Gasteiger charge is 2.13. The number of hydrogen-bond donors (Lipinski definition) is 0. The Kier molecular flexibility index (Phi) is 4.02. The summed E-state index contributed by atoms with van der Waals surface area (Å²) in [7, 11) is -5.50. The zero-order valence-corrected chi connectivity index (χ0v) is 11.9. The first-order chi connectivity index (χ1) is 8.88. The van der Waals surface area contributed by atoms with Gasteiger partial charge in [0.1, 0.15) is 0 Å². The van der Waals surface area contributed by atoms with Crippen LogP contribution in [0.25, 0.3) is 11.0 Å². The lowest BCUT2D eigenvalue weighted by Crippen LogP contribution is -2.10. The van der Waals surface area contributed by atoms with Crippen molar-refractivity contribution in [2.24, 2.45) is 0 Å². The van der Waals surface area contributed by atoms with E-state index in [1.165, 1.54) is 6.26 Å². The van der Waals surface area contributed by atoms with Crippen LogP contribution in [0.15, 0.2) is 29.4 Å². The highest BCUT2D eigenvalue weighted by atomic mass is 32.2. The monoisotopic (exact) mass is 301 g/mol. The predicted molar refractivity (Wildman–Crippen MR) is 71.2 cm³/mol. The van der Waals surface area contributed by atoms with Crippen molar-refractivity contribution in [3.63, 3.8) is 0 Å². The minimum absolute atomic E-state index is 0.177. The van der Waals surface area contributed by atoms with Gasteiger partial charge in [-0.15, -0.1) is 0 Å². The van der Waals surface area contributed by atoms with Gasteiger partial charge < -0.3 is 9.12 Å². The largest absolute Gasteiger partial charge is 0.748 e. The SMILES string of the molecule is CS(=O)c1nc2ccccc2n1CCCS(=O)(=O)[O-]. The third-order valence-electron chi connectivity index (χ3n) is 2.65. The zero-order chi connectivity index (χ0) is 14.0. The van der Waals surface area contributed by atoms with Crippen LogP contribution in [-0.4, -0.2) is 38.7 Å². The quantitative estimate of drug-likeness (QED) is 0.758. The lowest BCUT2D eigenvalue weighted by atomic mass is 10.3. The molecule has 1 atom stereocenters. The molecule has 0 saturated carbocycles. The summed E-state index contributed by atoms with van der Waals surface area (Å²) in [6, 6.07) is 7.27. The van der Waals surface area contributed by atoms with Gasteiger partial charge in [0.25, 0.3) is 0 Å². The minimum atomic E-state index is -4.22. The molecule has 1 aromatic heterocycles. The second-order valence-electron chi connectivity index (χ2n) is 4.10. The van der Waals surface area contributed by atoms with Crippen LogP contribution in [0.5, 0.6) is 0 Å². The number of nitrogens with zero attached hydrogens (tertiary/aromatic N) is 2. The van der Waals surface area contributed by atoms with Crippen molar-refractivity contribution >= 4 is 32.0 Å². The van der Waals surface area contributed by atoms with E-state index in [1.54, 1.807) is 10.6 Å². The molecule has 6 nitrogen and oxygen atoms in total. The second kappa shape index (κ2) is 5.40. The third-order valence-corrected chi connectivity index (χ3v) is 4.27. The van der Waals surface area contributed by atoms with Crippen LogP contribution in [0.3, 0.4) is 0 Å². The first-order valence-corrected chi connectivity index (χ1v) is 8.74. The number of aromatic nitrogens is 2. The molecule has 104 valence electrons. The van der Waals surface area contributed by atoms with E-state index in [0.29, 0.717) is 17.2 Å². The van der Waals surface area contributed by atoms with Crippen molar-refractivity contribution in [1.29, 1.82) is 0 Å². The lowest BCUT2D eigenvalue weighted by Gasteiger charge is -2.09. The van der Waals surface area contributed by atoms with Crippen molar-refractivity contribution in [1.82, 2.24) is 9.55 Å². The van der Waals surface area contributed by atoms with Crippen molar-refractivity contribution in [2.45, 2.75) is 18.1 Å². The van der Waals surface area contributed by atoms with Crippen LogP contribution in [0.2, 0.25) is 0 Å². The Morgan fingerprint density at radius 2 is 2.05 bits per heavy atom. The van der Waals surface area contributed by atoms with E-state index >= 15 is 0 Å². The maximum atomic E-state index is 11.6. The van der Waals surface area contributed by atoms with Gasteiger partial charge in [0.2, 0.25) is 0 Å². The minimum Gasteiger partial charge on any atom is -0.748 e. The lowest BCUT2D eigenvalue weighted by molar-refractivity contribution is 0.458. The van der Waals surface area contributed by atoms with Crippen molar-refractivity contribution in [3.8, 4) is 0 Å². The van der Waals surface area contributed by atoms with Crippen molar-refractivity contribution < 1.29 is 17.2 Å². The van der Waals surface area contributed by atoms with E-state index < -0.39 is 26.7 Å². The van der Waals surface area contributed by atoms with E-state index in [4.69, 9.17) is 0 Å². The molecule has 0 amide bonds. The number of imidazole rings is 1. The summed E-state index contributed by atoms with van der Waals surface area (Å²) in [4.78, 5) is 4.26. The molecule has 1 heterocycles. The van der Waals surface area contributed by atoms with E-state index in [-0.39, 0.29) is 6.42 Å². The molecule has 0 bridgehead atoms. The van der Waals surface area contributed by atoms with Crippen LogP contribution in [0, 0.1) is 0 Å². The topological polar surface area (TPSA) is 92.1 Å². The Bertz CT molecular complexity index is 721. The maximum Gasteiger partial charge on any atom is 0.199 e. The molecule has 0 fully saturated rings. The molecule has 0 aliphatic heterocycles. The molecule has 2 aromatic rings. The van der Waals surface area contributed by atoms with Crippen molar-refractivity contribution in [3.05, 3.63) is 24.3 Å². The van der Waals surface area contributed by atoms with Crippen LogP contribution in [0.4, 0.5) is 0 Å². The molecule has 2 rings (SSSR count). The molecule has 0 radical (unpaired) electrons. The number of benzene rings is 1. The molecule has 0 aliphatic rings. The van der Waals surface area contributed by atoms with Crippen LogP contribution in [0.1, 0.15) is 6.42 Å². The molecule has 0 saturated heterocycles. The molecule has 0 spiro atoms. The summed E-state index contributed by atoms with van der Waals surface area (Å²) in [5.41, 5.74) is 1.49.